The fourth-order valence-electron chi connectivity index (χ4n) is 4.27. The summed E-state index contributed by atoms with van der Waals surface area (Å²) in [5.74, 6) is 2.22. The summed E-state index contributed by atoms with van der Waals surface area (Å²) in [5, 5.41) is 0. The van der Waals surface area contributed by atoms with Crippen LogP contribution in [0.2, 0.25) is 0 Å². The molecule has 0 saturated carbocycles. The van der Waals surface area contributed by atoms with Crippen LogP contribution in [0.15, 0.2) is 77.7 Å². The number of ether oxygens (including phenoxy) is 2. The molecule has 0 radical (unpaired) electrons. The predicted octanol–water partition coefficient (Wildman–Crippen LogP) is 6.01. The van der Waals surface area contributed by atoms with Crippen molar-refractivity contribution in [1.82, 2.24) is 14.7 Å². The standard InChI is InChI=1S/C30H35N3O4S/c1-4-5-6-7-22-8-18-27(19-9-22)38(34,35)31-21-20-28-29(23-10-14-25(36-2)15-11-23)33-30(32-28)24-12-16-26(37-3)17-13-24/h8-19,31H,4-7,20-21H2,1-3H3,(H,32,33). The van der Waals surface area contributed by atoms with Crippen LogP contribution in [-0.4, -0.2) is 39.2 Å². The van der Waals surface area contributed by atoms with Crippen LogP contribution in [0.25, 0.3) is 22.6 Å². The van der Waals surface area contributed by atoms with Gasteiger partial charge in [0.25, 0.3) is 0 Å². The van der Waals surface area contributed by atoms with Crippen molar-refractivity contribution in [3.63, 3.8) is 0 Å². The Kier molecular flexibility index (Phi) is 9.20. The predicted molar refractivity (Wildman–Crippen MR) is 151 cm³/mol. The maximum absolute atomic E-state index is 12.9. The van der Waals surface area contributed by atoms with Gasteiger partial charge >= 0.3 is 0 Å². The molecule has 4 aromatic rings. The number of H-pyrrole nitrogens is 1. The van der Waals surface area contributed by atoms with E-state index in [0.717, 1.165) is 58.8 Å². The van der Waals surface area contributed by atoms with Gasteiger partial charge in [0.05, 0.1) is 24.8 Å². The van der Waals surface area contributed by atoms with Gasteiger partial charge in [-0.15, -0.1) is 0 Å². The van der Waals surface area contributed by atoms with E-state index in [4.69, 9.17) is 14.5 Å². The molecule has 0 aliphatic rings. The highest BCUT2D eigenvalue weighted by Gasteiger charge is 2.17. The molecule has 0 bridgehead atoms. The maximum Gasteiger partial charge on any atom is 0.240 e. The van der Waals surface area contributed by atoms with E-state index in [-0.39, 0.29) is 11.4 Å². The third-order valence-electron chi connectivity index (χ3n) is 6.48. The van der Waals surface area contributed by atoms with Gasteiger partial charge in [-0.1, -0.05) is 31.9 Å². The smallest absolute Gasteiger partial charge is 0.240 e. The summed E-state index contributed by atoms with van der Waals surface area (Å²) < 4.78 is 39.2. The van der Waals surface area contributed by atoms with E-state index in [0.29, 0.717) is 12.2 Å². The van der Waals surface area contributed by atoms with Gasteiger partial charge in [0.1, 0.15) is 17.3 Å². The largest absolute Gasteiger partial charge is 0.497 e. The molecule has 3 aromatic carbocycles. The van der Waals surface area contributed by atoms with E-state index in [2.05, 4.69) is 16.6 Å². The molecule has 8 heteroatoms. The Morgan fingerprint density at radius 2 is 1.39 bits per heavy atom. The summed E-state index contributed by atoms with van der Waals surface area (Å²) >= 11 is 0. The molecule has 0 fully saturated rings. The molecule has 1 heterocycles. The summed E-state index contributed by atoms with van der Waals surface area (Å²) in [7, 11) is -0.369. The highest BCUT2D eigenvalue weighted by molar-refractivity contribution is 7.89. The SMILES string of the molecule is CCCCCc1ccc(S(=O)(=O)NCCc2[nH]c(-c3ccc(OC)cc3)nc2-c2ccc(OC)cc2)cc1. The first-order valence-corrected chi connectivity index (χ1v) is 14.4. The number of rotatable bonds is 13. The van der Waals surface area contributed by atoms with E-state index in [9.17, 15) is 8.42 Å². The van der Waals surface area contributed by atoms with Gasteiger partial charge < -0.3 is 14.5 Å². The molecular formula is C30H35N3O4S. The molecule has 0 aliphatic carbocycles. The molecule has 0 amide bonds. The Morgan fingerprint density at radius 1 is 0.789 bits per heavy atom. The fourth-order valence-corrected chi connectivity index (χ4v) is 5.30. The number of nitrogens with zero attached hydrogens (tertiary/aromatic N) is 1. The second kappa shape index (κ2) is 12.8. The second-order valence-corrected chi connectivity index (χ2v) is 10.9. The van der Waals surface area contributed by atoms with Crippen LogP contribution in [0.5, 0.6) is 11.5 Å². The van der Waals surface area contributed by atoms with E-state index in [1.807, 2.05) is 60.7 Å². The van der Waals surface area contributed by atoms with E-state index in [1.165, 1.54) is 6.42 Å². The highest BCUT2D eigenvalue weighted by Crippen LogP contribution is 2.29. The van der Waals surface area contributed by atoms with Crippen LogP contribution in [0.3, 0.4) is 0 Å². The quantitative estimate of drug-likeness (QED) is 0.205. The Morgan fingerprint density at radius 3 is 1.97 bits per heavy atom. The van der Waals surface area contributed by atoms with Gasteiger partial charge in [0.2, 0.25) is 10.0 Å². The van der Waals surface area contributed by atoms with Crippen molar-refractivity contribution in [2.45, 2.75) is 43.9 Å². The molecule has 4 rings (SSSR count). The van der Waals surface area contributed by atoms with Gasteiger partial charge in [-0.3, -0.25) is 0 Å². The lowest BCUT2D eigenvalue weighted by molar-refractivity contribution is 0.415. The summed E-state index contributed by atoms with van der Waals surface area (Å²) in [4.78, 5) is 8.54. The fraction of sp³-hybridized carbons (Fsp3) is 0.300. The molecule has 7 nitrogen and oxygen atoms in total. The number of hydrogen-bond donors (Lipinski definition) is 2. The van der Waals surface area contributed by atoms with Crippen molar-refractivity contribution >= 4 is 10.0 Å². The maximum atomic E-state index is 12.9. The molecular weight excluding hydrogens is 498 g/mol. The highest BCUT2D eigenvalue weighted by atomic mass is 32.2. The molecule has 0 atom stereocenters. The Bertz CT molecular complexity index is 1410. The van der Waals surface area contributed by atoms with Gasteiger partial charge in [-0.25, -0.2) is 18.1 Å². The van der Waals surface area contributed by atoms with E-state index < -0.39 is 10.0 Å². The van der Waals surface area contributed by atoms with Gasteiger partial charge in [0.15, 0.2) is 0 Å². The van der Waals surface area contributed by atoms with Crippen LogP contribution < -0.4 is 14.2 Å². The zero-order valence-corrected chi connectivity index (χ0v) is 23.0. The Balaban J connectivity index is 1.51. The van der Waals surface area contributed by atoms with Crippen LogP contribution >= 0.6 is 0 Å². The van der Waals surface area contributed by atoms with Crippen LogP contribution in [0, 0.1) is 0 Å². The Labute approximate surface area is 225 Å². The third-order valence-corrected chi connectivity index (χ3v) is 7.95. The van der Waals surface area contributed by atoms with Crippen LogP contribution in [0.4, 0.5) is 0 Å². The molecule has 0 saturated heterocycles. The van der Waals surface area contributed by atoms with Crippen molar-refractivity contribution in [3.8, 4) is 34.1 Å². The molecule has 0 spiro atoms. The number of methoxy groups -OCH3 is 2. The average molecular weight is 534 g/mol. The first-order valence-electron chi connectivity index (χ1n) is 12.9. The van der Waals surface area contributed by atoms with E-state index in [1.54, 1.807) is 26.4 Å². The lowest BCUT2D eigenvalue weighted by Gasteiger charge is -2.08. The number of unbranched alkanes of at least 4 members (excludes halogenated alkanes) is 2. The minimum atomic E-state index is -3.63. The average Bonchev–Trinajstić information content (AvgIpc) is 3.37. The Hall–Kier alpha value is -3.62. The molecule has 0 unspecified atom stereocenters. The molecule has 2 N–H and O–H groups in total. The number of benzene rings is 3. The van der Waals surface area contributed by atoms with Crippen molar-refractivity contribution in [2.75, 3.05) is 20.8 Å². The molecule has 0 aliphatic heterocycles. The van der Waals surface area contributed by atoms with Gasteiger partial charge in [0, 0.05) is 29.8 Å². The zero-order chi connectivity index (χ0) is 27.0. The van der Waals surface area contributed by atoms with Crippen molar-refractivity contribution in [2.24, 2.45) is 0 Å². The summed E-state index contributed by atoms with van der Waals surface area (Å²) in [6, 6.07) is 22.5. The minimum absolute atomic E-state index is 0.230. The molecule has 200 valence electrons. The normalized spacial score (nSPS) is 11.4. The first kappa shape index (κ1) is 27.4. The lowest BCUT2D eigenvalue weighted by atomic mass is 10.1. The van der Waals surface area contributed by atoms with Crippen molar-refractivity contribution in [3.05, 3.63) is 84.1 Å². The monoisotopic (exact) mass is 533 g/mol. The summed E-state index contributed by atoms with van der Waals surface area (Å²) in [6.07, 6.45) is 4.85. The second-order valence-electron chi connectivity index (χ2n) is 9.12. The third kappa shape index (κ3) is 6.82. The number of hydrogen-bond acceptors (Lipinski definition) is 5. The van der Waals surface area contributed by atoms with Crippen molar-refractivity contribution < 1.29 is 17.9 Å². The number of aromatic nitrogens is 2. The number of sulfonamides is 1. The molecule has 38 heavy (non-hydrogen) atoms. The van der Waals surface area contributed by atoms with Gasteiger partial charge in [-0.05, 0) is 79.1 Å². The zero-order valence-electron chi connectivity index (χ0n) is 22.2. The number of aryl methyl sites for hydroxylation is 1. The van der Waals surface area contributed by atoms with Crippen molar-refractivity contribution in [1.29, 1.82) is 0 Å². The summed E-state index contributed by atoms with van der Waals surface area (Å²) in [5.41, 5.74) is 4.60. The van der Waals surface area contributed by atoms with Crippen LogP contribution in [0.1, 0.15) is 37.4 Å². The number of aromatic amines is 1. The lowest BCUT2D eigenvalue weighted by Crippen LogP contribution is -2.26. The van der Waals surface area contributed by atoms with Gasteiger partial charge in [-0.2, -0.15) is 0 Å². The number of nitrogens with one attached hydrogen (secondary N) is 2. The molecule has 1 aromatic heterocycles. The topological polar surface area (TPSA) is 93.3 Å². The van der Waals surface area contributed by atoms with Crippen LogP contribution in [-0.2, 0) is 22.9 Å². The minimum Gasteiger partial charge on any atom is -0.497 e. The van der Waals surface area contributed by atoms with E-state index >= 15 is 0 Å². The number of imidazole rings is 1. The first-order chi connectivity index (χ1) is 18.4. The summed E-state index contributed by atoms with van der Waals surface area (Å²) in [6.45, 7) is 2.40.